The van der Waals surface area contributed by atoms with Gasteiger partial charge in [0.1, 0.15) is 0 Å². The number of nitrogens with zero attached hydrogens (tertiary/aromatic N) is 1. The summed E-state index contributed by atoms with van der Waals surface area (Å²) in [6.45, 7) is 5.80. The third-order valence-electron chi connectivity index (χ3n) is 4.82. The summed E-state index contributed by atoms with van der Waals surface area (Å²) in [6.07, 6.45) is 3.40. The molecule has 3 rings (SSSR count). The molecule has 0 saturated carbocycles. The molecule has 0 unspecified atom stereocenters. The maximum atomic E-state index is 11.6. The molecule has 0 bridgehead atoms. The number of hydrogen-bond donors (Lipinski definition) is 0. The van der Waals surface area contributed by atoms with Crippen molar-refractivity contribution < 1.29 is 25.3 Å². The van der Waals surface area contributed by atoms with Crippen LogP contribution in [0.1, 0.15) is 17.5 Å². The lowest BCUT2D eigenvalue weighted by atomic mass is 9.94. The van der Waals surface area contributed by atoms with Gasteiger partial charge < -0.3 is 16.9 Å². The molecule has 1 spiro atoms. The average Bonchev–Trinajstić information content (AvgIpc) is 2.44. The third-order valence-corrected chi connectivity index (χ3v) is 6.43. The van der Waals surface area contributed by atoms with E-state index in [2.05, 4.69) is 37.3 Å². The molecular weight excluding hydrogens is 306 g/mol. The molecular formula is C16H22ClNO2S. The number of sulfone groups is 1. The molecule has 0 atom stereocenters. The van der Waals surface area contributed by atoms with E-state index in [1.807, 2.05) is 0 Å². The maximum Gasteiger partial charge on any atom is 0.161 e. The number of benzene rings is 1. The van der Waals surface area contributed by atoms with Gasteiger partial charge >= 0.3 is 0 Å². The van der Waals surface area contributed by atoms with Crippen molar-refractivity contribution in [3.05, 3.63) is 41.5 Å². The Balaban J connectivity index is 0.00000161. The second-order valence-electron chi connectivity index (χ2n) is 6.14. The minimum absolute atomic E-state index is 0. The maximum absolute atomic E-state index is 11.6. The zero-order valence-corrected chi connectivity index (χ0v) is 14.0. The van der Waals surface area contributed by atoms with Gasteiger partial charge in [0, 0.05) is 6.42 Å². The van der Waals surface area contributed by atoms with Gasteiger partial charge in [0.25, 0.3) is 0 Å². The van der Waals surface area contributed by atoms with Crippen LogP contribution in [0.3, 0.4) is 0 Å². The normalized spacial score (nSPS) is 23.2. The fourth-order valence-corrected chi connectivity index (χ4v) is 4.85. The number of quaternary nitrogens is 1. The lowest BCUT2D eigenvalue weighted by Gasteiger charge is -2.43. The van der Waals surface area contributed by atoms with Crippen LogP contribution in [-0.4, -0.2) is 50.6 Å². The Hall–Kier alpha value is -0.840. The number of aryl methyl sites for hydroxylation is 1. The highest BCUT2D eigenvalue weighted by Gasteiger charge is 2.37. The molecule has 2 aliphatic rings. The van der Waals surface area contributed by atoms with Gasteiger partial charge in [-0.25, -0.2) is 8.42 Å². The first-order chi connectivity index (χ1) is 9.50. The van der Waals surface area contributed by atoms with Gasteiger partial charge in [-0.3, -0.25) is 0 Å². The third kappa shape index (κ3) is 3.50. The molecule has 2 heterocycles. The lowest BCUT2D eigenvalue weighted by molar-refractivity contribution is -0.920. The summed E-state index contributed by atoms with van der Waals surface area (Å²) in [4.78, 5) is 0. The molecule has 2 aliphatic heterocycles. The zero-order chi connectivity index (χ0) is 14.2. The molecule has 5 heteroatoms. The van der Waals surface area contributed by atoms with Crippen molar-refractivity contribution in [3.63, 3.8) is 0 Å². The number of halogens is 1. The molecule has 0 aliphatic carbocycles. The summed E-state index contributed by atoms with van der Waals surface area (Å²) in [5.41, 5.74) is 4.11. The topological polar surface area (TPSA) is 34.1 Å². The quantitative estimate of drug-likeness (QED) is 0.622. The van der Waals surface area contributed by atoms with Gasteiger partial charge in [-0.2, -0.15) is 0 Å². The molecule has 116 valence electrons. The first-order valence-electron chi connectivity index (χ1n) is 7.30. The van der Waals surface area contributed by atoms with Crippen LogP contribution in [0, 0.1) is 6.92 Å². The molecule has 3 nitrogen and oxygen atoms in total. The van der Waals surface area contributed by atoms with Crippen molar-refractivity contribution in [2.75, 3.05) is 37.7 Å². The van der Waals surface area contributed by atoms with E-state index in [1.54, 1.807) is 0 Å². The van der Waals surface area contributed by atoms with Crippen molar-refractivity contribution in [2.45, 2.75) is 13.3 Å². The Morgan fingerprint density at radius 1 is 1.05 bits per heavy atom. The minimum atomic E-state index is -2.77. The molecule has 1 fully saturated rings. The van der Waals surface area contributed by atoms with Crippen LogP contribution < -0.4 is 12.4 Å². The van der Waals surface area contributed by atoms with Crippen molar-refractivity contribution in [1.82, 2.24) is 0 Å². The van der Waals surface area contributed by atoms with Crippen molar-refractivity contribution in [3.8, 4) is 0 Å². The van der Waals surface area contributed by atoms with Crippen molar-refractivity contribution in [1.29, 1.82) is 0 Å². The van der Waals surface area contributed by atoms with Crippen LogP contribution in [0.5, 0.6) is 0 Å². The first kappa shape index (κ1) is 16.5. The molecule has 1 saturated heterocycles. The van der Waals surface area contributed by atoms with Crippen LogP contribution in [0.15, 0.2) is 30.3 Å². The molecule has 0 radical (unpaired) electrons. The van der Waals surface area contributed by atoms with Gasteiger partial charge in [0.2, 0.25) is 0 Å². The second kappa shape index (κ2) is 6.11. The highest BCUT2D eigenvalue weighted by Crippen LogP contribution is 2.29. The van der Waals surface area contributed by atoms with E-state index in [-0.39, 0.29) is 12.4 Å². The van der Waals surface area contributed by atoms with E-state index >= 15 is 0 Å². The summed E-state index contributed by atoms with van der Waals surface area (Å²) in [7, 11) is -2.77. The largest absolute Gasteiger partial charge is 1.00 e. The SMILES string of the molecule is Cc1ccccc1C1=CC[N+]2(CC1)CCS(=O)(=O)CC2.[Cl-]. The molecule has 0 N–H and O–H groups in total. The fourth-order valence-electron chi connectivity index (χ4n) is 3.32. The van der Waals surface area contributed by atoms with Gasteiger partial charge in [0.15, 0.2) is 9.84 Å². The lowest BCUT2D eigenvalue weighted by Crippen LogP contribution is -3.00. The Bertz CT molecular complexity index is 638. The summed E-state index contributed by atoms with van der Waals surface area (Å²) in [5, 5.41) is 0. The van der Waals surface area contributed by atoms with Gasteiger partial charge in [0.05, 0.1) is 37.7 Å². The van der Waals surface area contributed by atoms with Gasteiger partial charge in [-0.1, -0.05) is 24.3 Å². The second-order valence-corrected chi connectivity index (χ2v) is 8.44. The molecule has 0 amide bonds. The zero-order valence-electron chi connectivity index (χ0n) is 12.4. The summed E-state index contributed by atoms with van der Waals surface area (Å²) >= 11 is 0. The Kier molecular flexibility index (Phi) is 4.81. The Morgan fingerprint density at radius 2 is 1.71 bits per heavy atom. The smallest absolute Gasteiger partial charge is 0.161 e. The summed E-state index contributed by atoms with van der Waals surface area (Å²) in [5.74, 6) is 0.723. The summed E-state index contributed by atoms with van der Waals surface area (Å²) < 4.78 is 24.1. The Morgan fingerprint density at radius 3 is 2.29 bits per heavy atom. The average molecular weight is 328 g/mol. The Labute approximate surface area is 133 Å². The van der Waals surface area contributed by atoms with Gasteiger partial charge in [-0.15, -0.1) is 0 Å². The minimum Gasteiger partial charge on any atom is -1.00 e. The fraction of sp³-hybridized carbons (Fsp3) is 0.500. The predicted octanol–water partition coefficient (Wildman–Crippen LogP) is -0.969. The van der Waals surface area contributed by atoms with E-state index in [0.717, 1.165) is 37.1 Å². The van der Waals surface area contributed by atoms with Crippen LogP contribution in [0.2, 0.25) is 0 Å². The van der Waals surface area contributed by atoms with Crippen LogP contribution >= 0.6 is 0 Å². The van der Waals surface area contributed by atoms with Crippen molar-refractivity contribution >= 4 is 15.4 Å². The molecule has 0 aromatic heterocycles. The van der Waals surface area contributed by atoms with E-state index in [4.69, 9.17) is 0 Å². The number of rotatable bonds is 1. The molecule has 1 aromatic carbocycles. The molecule has 1 aromatic rings. The van der Waals surface area contributed by atoms with Crippen LogP contribution in [-0.2, 0) is 9.84 Å². The standard InChI is InChI=1S/C16H22NO2S.ClH/c1-14-4-2-3-5-16(14)15-6-8-17(9-7-15)10-12-20(18,19)13-11-17;/h2-6H,7-13H2,1H3;1H/q+1;/p-1. The van der Waals surface area contributed by atoms with E-state index in [0.29, 0.717) is 11.5 Å². The van der Waals surface area contributed by atoms with E-state index in [9.17, 15) is 8.42 Å². The van der Waals surface area contributed by atoms with Crippen LogP contribution in [0.25, 0.3) is 5.57 Å². The van der Waals surface area contributed by atoms with E-state index in [1.165, 1.54) is 16.7 Å². The van der Waals surface area contributed by atoms with Gasteiger partial charge in [-0.05, 0) is 29.7 Å². The highest BCUT2D eigenvalue weighted by atomic mass is 35.5. The van der Waals surface area contributed by atoms with Crippen LogP contribution in [0.4, 0.5) is 0 Å². The van der Waals surface area contributed by atoms with E-state index < -0.39 is 9.84 Å². The predicted molar refractivity (Wildman–Crippen MR) is 82.2 cm³/mol. The van der Waals surface area contributed by atoms with Crippen molar-refractivity contribution in [2.24, 2.45) is 0 Å². The summed E-state index contributed by atoms with van der Waals surface area (Å²) in [6, 6.07) is 8.52. The number of hydrogen-bond acceptors (Lipinski definition) is 2. The molecule has 21 heavy (non-hydrogen) atoms. The monoisotopic (exact) mass is 327 g/mol. The first-order valence-corrected chi connectivity index (χ1v) is 9.12. The highest BCUT2D eigenvalue weighted by molar-refractivity contribution is 7.91.